The zero-order valence-electron chi connectivity index (χ0n) is 23.4. The fourth-order valence-electron chi connectivity index (χ4n) is 4.05. The number of unbranched alkanes of at least 4 members (excludes halogenated alkanes) is 12. The molecular weight excluding hydrogens is 476 g/mol. The monoisotopic (exact) mass is 524 g/mol. The number of methoxy groups -OCH3 is 3. The molecule has 37 heavy (non-hydrogen) atoms. The molecule has 0 aromatic heterocycles. The molecule has 1 N–H and O–H groups in total. The van der Waals surface area contributed by atoms with Crippen molar-refractivity contribution in [2.45, 2.75) is 103 Å². The zero-order chi connectivity index (χ0) is 27.3. The van der Waals surface area contributed by atoms with E-state index in [1.165, 1.54) is 97.7 Å². The molecule has 212 valence electrons. The van der Waals surface area contributed by atoms with Crippen LogP contribution >= 0.6 is 0 Å². The summed E-state index contributed by atoms with van der Waals surface area (Å²) in [5.74, 6) is -0.0282. The zero-order valence-corrected chi connectivity index (χ0v) is 23.4. The van der Waals surface area contributed by atoms with E-state index in [1.807, 2.05) is 0 Å². The molecule has 0 saturated carbocycles. The second-order valence-corrected chi connectivity index (χ2v) is 9.34. The Morgan fingerprint density at radius 2 is 1.16 bits per heavy atom. The molecule has 1 rings (SSSR count). The molecule has 0 aliphatic rings. The summed E-state index contributed by atoms with van der Waals surface area (Å²) in [6, 6.07) is 2.93. The number of ether oxygens (including phenoxy) is 5. The van der Waals surface area contributed by atoms with Gasteiger partial charge in [0.2, 0.25) is 5.75 Å². The summed E-state index contributed by atoms with van der Waals surface area (Å²) in [4.78, 5) is 24.3. The molecule has 1 unspecified atom stereocenters. The Hall–Kier alpha value is -2.48. The van der Waals surface area contributed by atoms with E-state index in [-0.39, 0.29) is 24.7 Å². The van der Waals surface area contributed by atoms with E-state index < -0.39 is 12.1 Å². The number of hydrogen-bond acceptors (Lipinski definition) is 8. The van der Waals surface area contributed by atoms with E-state index in [9.17, 15) is 14.7 Å². The molecule has 0 saturated heterocycles. The van der Waals surface area contributed by atoms with E-state index in [2.05, 4.69) is 6.92 Å². The first kappa shape index (κ1) is 32.5. The van der Waals surface area contributed by atoms with Crippen molar-refractivity contribution in [2.75, 3.05) is 34.5 Å². The molecule has 0 radical (unpaired) electrons. The maximum Gasteiger partial charge on any atom is 0.338 e. The maximum absolute atomic E-state index is 12.4. The fourth-order valence-corrected chi connectivity index (χ4v) is 4.05. The van der Waals surface area contributed by atoms with Gasteiger partial charge in [0.05, 0.1) is 26.9 Å². The summed E-state index contributed by atoms with van der Waals surface area (Å²) in [6.07, 6.45) is 15.4. The number of carbonyl (C=O) groups is 2. The lowest BCUT2D eigenvalue weighted by Crippen LogP contribution is -2.25. The number of aliphatic hydroxyl groups excluding tert-OH is 1. The van der Waals surface area contributed by atoms with Crippen molar-refractivity contribution >= 4 is 11.9 Å². The van der Waals surface area contributed by atoms with Gasteiger partial charge in [0.1, 0.15) is 19.3 Å². The third-order valence-corrected chi connectivity index (χ3v) is 6.23. The molecule has 8 heteroatoms. The highest BCUT2D eigenvalue weighted by Gasteiger charge is 2.19. The largest absolute Gasteiger partial charge is 0.493 e. The highest BCUT2D eigenvalue weighted by Crippen LogP contribution is 2.38. The summed E-state index contributed by atoms with van der Waals surface area (Å²) in [5.41, 5.74) is 0.182. The van der Waals surface area contributed by atoms with Gasteiger partial charge >= 0.3 is 11.9 Å². The molecule has 0 bridgehead atoms. The fraction of sp³-hybridized carbons (Fsp3) is 0.724. The quantitative estimate of drug-likeness (QED) is 0.140. The molecule has 0 spiro atoms. The second-order valence-electron chi connectivity index (χ2n) is 9.34. The molecule has 8 nitrogen and oxygen atoms in total. The Morgan fingerprint density at radius 1 is 0.703 bits per heavy atom. The Balaban J connectivity index is 2.13. The van der Waals surface area contributed by atoms with Gasteiger partial charge in [-0.05, 0) is 18.6 Å². The predicted molar refractivity (Wildman–Crippen MR) is 144 cm³/mol. The van der Waals surface area contributed by atoms with Crippen molar-refractivity contribution in [3.05, 3.63) is 17.7 Å². The van der Waals surface area contributed by atoms with Crippen LogP contribution in [0.5, 0.6) is 17.2 Å². The molecule has 0 fully saturated rings. The first-order valence-corrected chi connectivity index (χ1v) is 13.8. The Kier molecular flexibility index (Phi) is 18.1. The van der Waals surface area contributed by atoms with Gasteiger partial charge in [-0.1, -0.05) is 84.0 Å². The third-order valence-electron chi connectivity index (χ3n) is 6.23. The van der Waals surface area contributed by atoms with Gasteiger partial charge in [-0.2, -0.15) is 0 Å². The minimum Gasteiger partial charge on any atom is -0.493 e. The van der Waals surface area contributed by atoms with Crippen LogP contribution in [0.2, 0.25) is 0 Å². The van der Waals surface area contributed by atoms with Crippen LogP contribution in [0.3, 0.4) is 0 Å². The van der Waals surface area contributed by atoms with Gasteiger partial charge in [0, 0.05) is 6.42 Å². The van der Waals surface area contributed by atoms with Crippen molar-refractivity contribution in [2.24, 2.45) is 0 Å². The average molecular weight is 525 g/mol. The van der Waals surface area contributed by atoms with Gasteiger partial charge in [-0.3, -0.25) is 4.79 Å². The van der Waals surface area contributed by atoms with E-state index in [4.69, 9.17) is 23.7 Å². The van der Waals surface area contributed by atoms with E-state index in [0.717, 1.165) is 19.3 Å². The lowest BCUT2D eigenvalue weighted by Gasteiger charge is -2.15. The highest BCUT2D eigenvalue weighted by atomic mass is 16.6. The van der Waals surface area contributed by atoms with Crippen molar-refractivity contribution in [3.63, 3.8) is 0 Å². The smallest absolute Gasteiger partial charge is 0.338 e. The van der Waals surface area contributed by atoms with Gasteiger partial charge in [0.25, 0.3) is 0 Å². The first-order valence-electron chi connectivity index (χ1n) is 13.8. The predicted octanol–water partition coefficient (Wildman–Crippen LogP) is 6.25. The van der Waals surface area contributed by atoms with E-state index >= 15 is 0 Å². The molecule has 1 aromatic carbocycles. The maximum atomic E-state index is 12.4. The van der Waals surface area contributed by atoms with Crippen LogP contribution in [-0.4, -0.2) is 57.7 Å². The number of esters is 2. The molecule has 1 aromatic rings. The van der Waals surface area contributed by atoms with Crippen LogP contribution in [0.4, 0.5) is 0 Å². The van der Waals surface area contributed by atoms with Crippen LogP contribution < -0.4 is 14.2 Å². The lowest BCUT2D eigenvalue weighted by molar-refractivity contribution is -0.147. The normalized spacial score (nSPS) is 11.6. The number of benzene rings is 1. The first-order chi connectivity index (χ1) is 18.0. The highest BCUT2D eigenvalue weighted by molar-refractivity contribution is 5.91. The van der Waals surface area contributed by atoms with Crippen LogP contribution in [0.1, 0.15) is 107 Å². The van der Waals surface area contributed by atoms with Gasteiger partial charge in [-0.25, -0.2) is 4.79 Å². The van der Waals surface area contributed by atoms with Crippen molar-refractivity contribution in [1.82, 2.24) is 0 Å². The van der Waals surface area contributed by atoms with Crippen LogP contribution in [0.15, 0.2) is 12.1 Å². The van der Waals surface area contributed by atoms with Crippen molar-refractivity contribution in [3.8, 4) is 17.2 Å². The molecule has 0 heterocycles. The average Bonchev–Trinajstić information content (AvgIpc) is 2.91. The summed E-state index contributed by atoms with van der Waals surface area (Å²) in [6.45, 7) is 1.72. The molecule has 0 aliphatic carbocycles. The van der Waals surface area contributed by atoms with E-state index in [1.54, 1.807) is 0 Å². The van der Waals surface area contributed by atoms with Crippen molar-refractivity contribution < 1.29 is 38.4 Å². The topological polar surface area (TPSA) is 101 Å². The minimum atomic E-state index is -1.11. The SMILES string of the molecule is CCCCCCCCCCCCCCCC(=O)OCC(O)COC(=O)c1cc(OC)c(OC)c(OC)c1. The Bertz CT molecular complexity index is 739. The molecular formula is C29H48O8. The number of rotatable bonds is 22. The van der Waals surface area contributed by atoms with Crippen LogP contribution in [-0.2, 0) is 14.3 Å². The van der Waals surface area contributed by atoms with Gasteiger partial charge in [0.15, 0.2) is 11.5 Å². The van der Waals surface area contributed by atoms with E-state index in [0.29, 0.717) is 23.7 Å². The molecule has 0 amide bonds. The summed E-state index contributed by atoms with van der Waals surface area (Å²) >= 11 is 0. The summed E-state index contributed by atoms with van der Waals surface area (Å²) in [5, 5.41) is 10.0. The van der Waals surface area contributed by atoms with Gasteiger partial charge < -0.3 is 28.8 Å². The van der Waals surface area contributed by atoms with Gasteiger partial charge in [-0.15, -0.1) is 0 Å². The lowest BCUT2D eigenvalue weighted by atomic mass is 10.0. The van der Waals surface area contributed by atoms with Crippen molar-refractivity contribution in [1.29, 1.82) is 0 Å². The number of hydrogen-bond donors (Lipinski definition) is 1. The minimum absolute atomic E-state index is 0.182. The van der Waals surface area contributed by atoms with Crippen LogP contribution in [0.25, 0.3) is 0 Å². The second kappa shape index (κ2) is 20.6. The molecule has 0 aliphatic heterocycles. The standard InChI is InChI=1S/C29H48O8/c1-5-6-7-8-9-10-11-12-13-14-15-16-17-18-27(31)36-21-24(30)22-37-29(32)23-19-25(33-2)28(35-4)26(20-23)34-3/h19-20,24,30H,5-18,21-22H2,1-4H3. The number of carbonyl (C=O) groups excluding carboxylic acids is 2. The summed E-state index contributed by atoms with van der Waals surface area (Å²) in [7, 11) is 4.36. The Labute approximate surface area is 223 Å². The Morgan fingerprint density at radius 3 is 1.62 bits per heavy atom. The summed E-state index contributed by atoms with van der Waals surface area (Å²) < 4.78 is 25.9. The van der Waals surface area contributed by atoms with Crippen LogP contribution in [0, 0.1) is 0 Å². The third kappa shape index (κ3) is 14.1. The molecule has 1 atom stereocenters. The number of aliphatic hydroxyl groups is 1.